The molecule has 0 atom stereocenters. The average Bonchev–Trinajstić information content (AvgIpc) is 2.34. The first kappa shape index (κ1) is 12.4. The van der Waals surface area contributed by atoms with Crippen LogP contribution in [-0.4, -0.2) is 28.4 Å². The van der Waals surface area contributed by atoms with Gasteiger partial charge in [0.15, 0.2) is 0 Å². The van der Waals surface area contributed by atoms with E-state index in [9.17, 15) is 14.4 Å². The van der Waals surface area contributed by atoms with Gasteiger partial charge >= 0.3 is 11.7 Å². The maximum atomic E-state index is 11.7. The summed E-state index contributed by atoms with van der Waals surface area (Å²) in [6.07, 6.45) is 0. The highest BCUT2D eigenvalue weighted by molar-refractivity contribution is 6.18. The molecule has 0 saturated carbocycles. The number of halogens is 1. The fraction of sp³-hybridized carbons (Fsp3) is 0.182. The summed E-state index contributed by atoms with van der Waals surface area (Å²) in [4.78, 5) is 39.0. The summed E-state index contributed by atoms with van der Waals surface area (Å²) in [6.45, 7) is 0.0536. The first-order valence-corrected chi connectivity index (χ1v) is 5.65. The number of alkyl halides is 1. The van der Waals surface area contributed by atoms with Crippen LogP contribution in [-0.2, 0) is 4.74 Å². The molecule has 0 saturated heterocycles. The molecule has 6 nitrogen and oxygen atoms in total. The van der Waals surface area contributed by atoms with Crippen molar-refractivity contribution in [2.75, 3.05) is 12.5 Å². The molecule has 2 N–H and O–H groups in total. The van der Waals surface area contributed by atoms with Crippen LogP contribution >= 0.6 is 11.6 Å². The summed E-state index contributed by atoms with van der Waals surface area (Å²) in [7, 11) is 0. The van der Waals surface area contributed by atoms with Gasteiger partial charge in [-0.15, -0.1) is 11.6 Å². The number of aromatic amines is 2. The Hall–Kier alpha value is -2.08. The molecule has 2 rings (SSSR count). The predicted molar refractivity (Wildman–Crippen MR) is 66.2 cm³/mol. The van der Waals surface area contributed by atoms with E-state index < -0.39 is 17.2 Å². The number of ether oxygens (including phenoxy) is 1. The molecule has 2 aromatic rings. The van der Waals surface area contributed by atoms with E-state index in [2.05, 4.69) is 9.97 Å². The highest BCUT2D eigenvalue weighted by atomic mass is 35.5. The Morgan fingerprint density at radius 3 is 2.78 bits per heavy atom. The zero-order valence-corrected chi connectivity index (χ0v) is 9.91. The molecule has 0 aliphatic heterocycles. The molecule has 94 valence electrons. The van der Waals surface area contributed by atoms with Crippen LogP contribution in [0.25, 0.3) is 10.9 Å². The number of benzene rings is 1. The molecule has 1 aromatic heterocycles. The van der Waals surface area contributed by atoms with Gasteiger partial charge in [-0.2, -0.15) is 0 Å². The van der Waals surface area contributed by atoms with Crippen LogP contribution in [0.4, 0.5) is 0 Å². The van der Waals surface area contributed by atoms with Gasteiger partial charge in [-0.25, -0.2) is 9.59 Å². The summed E-state index contributed by atoms with van der Waals surface area (Å²) in [6, 6.07) is 4.53. The van der Waals surface area contributed by atoms with E-state index in [1.165, 1.54) is 12.1 Å². The number of carbonyl (C=O) groups excluding carboxylic acids is 1. The average molecular weight is 269 g/mol. The molecular weight excluding hydrogens is 260 g/mol. The molecule has 1 heterocycles. The molecule has 0 unspecified atom stereocenters. The van der Waals surface area contributed by atoms with E-state index in [0.717, 1.165) is 0 Å². The Morgan fingerprint density at radius 2 is 2.06 bits per heavy atom. The standard InChI is InChI=1S/C11H9ClN2O4/c12-4-5-18-10(16)6-2-1-3-7-8(6)9(15)14-11(17)13-7/h1-3H,4-5H2,(H2,13,14,15,17). The fourth-order valence-electron chi connectivity index (χ4n) is 1.60. The molecule has 0 fully saturated rings. The third-order valence-corrected chi connectivity index (χ3v) is 2.45. The van der Waals surface area contributed by atoms with E-state index in [-0.39, 0.29) is 29.0 Å². The number of hydrogen-bond donors (Lipinski definition) is 2. The molecule has 0 radical (unpaired) electrons. The second kappa shape index (κ2) is 5.05. The second-order valence-corrected chi connectivity index (χ2v) is 3.84. The second-order valence-electron chi connectivity index (χ2n) is 3.46. The van der Waals surface area contributed by atoms with Crippen molar-refractivity contribution in [3.8, 4) is 0 Å². The number of H-pyrrole nitrogens is 2. The summed E-state index contributed by atoms with van der Waals surface area (Å²) < 4.78 is 4.85. The van der Waals surface area contributed by atoms with Crippen molar-refractivity contribution in [1.82, 2.24) is 9.97 Å². The molecule has 0 bridgehead atoms. The SMILES string of the molecule is O=C(OCCCl)c1cccc2[nH]c(=O)[nH]c(=O)c12. The van der Waals surface area contributed by atoms with Crippen LogP contribution in [0.15, 0.2) is 27.8 Å². The molecule has 18 heavy (non-hydrogen) atoms. The number of rotatable bonds is 3. The number of carbonyl (C=O) groups is 1. The van der Waals surface area contributed by atoms with Gasteiger partial charge in [0.2, 0.25) is 0 Å². The molecule has 0 aliphatic carbocycles. The number of nitrogens with one attached hydrogen (secondary N) is 2. The van der Waals surface area contributed by atoms with Gasteiger partial charge in [0.05, 0.1) is 22.3 Å². The lowest BCUT2D eigenvalue weighted by atomic mass is 10.1. The number of hydrogen-bond acceptors (Lipinski definition) is 4. The van der Waals surface area contributed by atoms with E-state index in [1.807, 2.05) is 0 Å². The molecule has 7 heteroatoms. The zero-order chi connectivity index (χ0) is 13.1. The van der Waals surface area contributed by atoms with Crippen LogP contribution in [0.1, 0.15) is 10.4 Å². The minimum absolute atomic E-state index is 0.0536. The minimum atomic E-state index is -0.654. The van der Waals surface area contributed by atoms with Gasteiger partial charge in [0.1, 0.15) is 6.61 Å². The highest BCUT2D eigenvalue weighted by Gasteiger charge is 2.14. The van der Waals surface area contributed by atoms with Crippen LogP contribution < -0.4 is 11.2 Å². The van der Waals surface area contributed by atoms with E-state index in [4.69, 9.17) is 16.3 Å². The van der Waals surface area contributed by atoms with Gasteiger partial charge in [0.25, 0.3) is 5.56 Å². The first-order chi connectivity index (χ1) is 8.63. The van der Waals surface area contributed by atoms with Crippen LogP contribution in [0.3, 0.4) is 0 Å². The van der Waals surface area contributed by atoms with Crippen LogP contribution in [0.5, 0.6) is 0 Å². The Kier molecular flexibility index (Phi) is 3.47. The van der Waals surface area contributed by atoms with Crippen molar-refractivity contribution in [1.29, 1.82) is 0 Å². The predicted octanol–water partition coefficient (Wildman–Crippen LogP) is 0.612. The Balaban J connectivity index is 2.62. The van der Waals surface area contributed by atoms with Gasteiger partial charge in [0, 0.05) is 0 Å². The lowest BCUT2D eigenvalue weighted by molar-refractivity contribution is 0.0531. The van der Waals surface area contributed by atoms with Crippen LogP contribution in [0.2, 0.25) is 0 Å². The van der Waals surface area contributed by atoms with Crippen molar-refractivity contribution >= 4 is 28.5 Å². The van der Waals surface area contributed by atoms with Crippen molar-refractivity contribution in [3.63, 3.8) is 0 Å². The molecule has 0 amide bonds. The Bertz CT molecular complexity index is 704. The topological polar surface area (TPSA) is 92.0 Å². The van der Waals surface area contributed by atoms with E-state index in [1.54, 1.807) is 6.07 Å². The van der Waals surface area contributed by atoms with Crippen molar-refractivity contribution in [2.45, 2.75) is 0 Å². The van der Waals surface area contributed by atoms with Crippen molar-refractivity contribution in [3.05, 3.63) is 44.6 Å². The molecule has 0 aliphatic rings. The molecule has 1 aromatic carbocycles. The smallest absolute Gasteiger partial charge is 0.339 e. The largest absolute Gasteiger partial charge is 0.461 e. The Labute approximate surface area is 106 Å². The normalized spacial score (nSPS) is 10.5. The number of fused-ring (bicyclic) bond motifs is 1. The zero-order valence-electron chi connectivity index (χ0n) is 9.16. The molecular formula is C11H9ClN2O4. The number of esters is 1. The van der Waals surface area contributed by atoms with Crippen LogP contribution in [0, 0.1) is 0 Å². The van der Waals surface area contributed by atoms with Gasteiger partial charge in [-0.1, -0.05) is 6.07 Å². The minimum Gasteiger partial charge on any atom is -0.461 e. The quantitative estimate of drug-likeness (QED) is 0.630. The number of aromatic nitrogens is 2. The van der Waals surface area contributed by atoms with E-state index >= 15 is 0 Å². The summed E-state index contributed by atoms with van der Waals surface area (Å²) in [5.74, 6) is -0.484. The summed E-state index contributed by atoms with van der Waals surface area (Å²) >= 11 is 5.41. The first-order valence-electron chi connectivity index (χ1n) is 5.12. The van der Waals surface area contributed by atoms with Gasteiger partial charge < -0.3 is 9.72 Å². The van der Waals surface area contributed by atoms with Crippen molar-refractivity contribution < 1.29 is 9.53 Å². The maximum absolute atomic E-state index is 11.7. The van der Waals surface area contributed by atoms with Crippen molar-refractivity contribution in [2.24, 2.45) is 0 Å². The fourth-order valence-corrected chi connectivity index (χ4v) is 1.68. The van der Waals surface area contributed by atoms with E-state index in [0.29, 0.717) is 0 Å². The summed E-state index contributed by atoms with van der Waals surface area (Å²) in [5, 5.41) is 0.0941. The lowest BCUT2D eigenvalue weighted by Crippen LogP contribution is -2.24. The van der Waals surface area contributed by atoms with Gasteiger partial charge in [-0.05, 0) is 12.1 Å². The third kappa shape index (κ3) is 2.28. The lowest BCUT2D eigenvalue weighted by Gasteiger charge is -2.05. The maximum Gasteiger partial charge on any atom is 0.339 e. The summed E-state index contributed by atoms with van der Waals surface area (Å²) in [5.41, 5.74) is -0.884. The Morgan fingerprint density at radius 1 is 1.28 bits per heavy atom. The monoisotopic (exact) mass is 268 g/mol. The van der Waals surface area contributed by atoms with Gasteiger partial charge in [-0.3, -0.25) is 9.78 Å². The molecule has 0 spiro atoms. The highest BCUT2D eigenvalue weighted by Crippen LogP contribution is 2.12. The third-order valence-electron chi connectivity index (χ3n) is 2.30.